The minimum Gasteiger partial charge on any atom is -0.336 e. The van der Waals surface area contributed by atoms with Gasteiger partial charge in [0, 0.05) is 36.9 Å². The fraction of sp³-hybridized carbons (Fsp3) is 0.333. The fourth-order valence-electron chi connectivity index (χ4n) is 3.10. The highest BCUT2D eigenvalue weighted by atomic mass is 16.2. The first-order valence-corrected chi connectivity index (χ1v) is 9.10. The third kappa shape index (κ3) is 3.87. The van der Waals surface area contributed by atoms with Crippen LogP contribution in [-0.2, 0) is 6.54 Å². The van der Waals surface area contributed by atoms with E-state index in [1.807, 2.05) is 59.5 Å². The molecule has 1 N–H and O–H groups in total. The van der Waals surface area contributed by atoms with Gasteiger partial charge < -0.3 is 10.2 Å². The zero-order valence-electron chi connectivity index (χ0n) is 15.3. The quantitative estimate of drug-likeness (QED) is 0.863. The van der Waals surface area contributed by atoms with E-state index in [2.05, 4.69) is 19.2 Å². The predicted molar refractivity (Wildman–Crippen MR) is 103 cm³/mol. The van der Waals surface area contributed by atoms with E-state index in [1.165, 1.54) is 0 Å². The van der Waals surface area contributed by atoms with Crippen molar-refractivity contribution in [2.24, 2.45) is 0 Å². The molecule has 0 spiro atoms. The zero-order chi connectivity index (χ0) is 18.5. The minimum atomic E-state index is -0.0885. The summed E-state index contributed by atoms with van der Waals surface area (Å²) >= 11 is 0. The molecule has 0 radical (unpaired) electrons. The summed E-state index contributed by atoms with van der Waals surface area (Å²) in [6.45, 7) is 6.05. The lowest BCUT2D eigenvalue weighted by Crippen LogP contribution is -2.37. The van der Waals surface area contributed by atoms with Gasteiger partial charge in [-0.15, -0.1) is 0 Å². The van der Waals surface area contributed by atoms with Crippen LogP contribution in [0, 0.1) is 0 Å². The van der Waals surface area contributed by atoms with Gasteiger partial charge in [0.1, 0.15) is 0 Å². The largest absolute Gasteiger partial charge is 0.336 e. The van der Waals surface area contributed by atoms with Crippen LogP contribution in [0.4, 0.5) is 10.5 Å². The van der Waals surface area contributed by atoms with Gasteiger partial charge in [-0.2, -0.15) is 0 Å². The number of urea groups is 1. The summed E-state index contributed by atoms with van der Waals surface area (Å²) in [5, 5.41) is 2.79. The topological polar surface area (TPSA) is 52.7 Å². The Morgan fingerprint density at radius 3 is 2.42 bits per heavy atom. The van der Waals surface area contributed by atoms with Crippen LogP contribution in [0.25, 0.3) is 0 Å². The summed E-state index contributed by atoms with van der Waals surface area (Å²) in [6, 6.07) is 17.4. The van der Waals surface area contributed by atoms with E-state index >= 15 is 0 Å². The molecule has 1 fully saturated rings. The van der Waals surface area contributed by atoms with Crippen LogP contribution in [0.1, 0.15) is 36.2 Å². The molecule has 0 saturated carbocycles. The van der Waals surface area contributed by atoms with Crippen LogP contribution < -0.4 is 10.2 Å². The Balaban J connectivity index is 1.78. The summed E-state index contributed by atoms with van der Waals surface area (Å²) in [7, 11) is 0. The number of rotatable bonds is 6. The van der Waals surface area contributed by atoms with E-state index in [4.69, 9.17) is 0 Å². The van der Waals surface area contributed by atoms with E-state index in [0.29, 0.717) is 25.2 Å². The maximum Gasteiger partial charge on any atom is 0.321 e. The first-order chi connectivity index (χ1) is 12.6. The number of amides is 3. The Morgan fingerprint density at radius 2 is 1.85 bits per heavy atom. The Morgan fingerprint density at radius 1 is 1.15 bits per heavy atom. The van der Waals surface area contributed by atoms with Gasteiger partial charge in [-0.1, -0.05) is 37.3 Å². The smallest absolute Gasteiger partial charge is 0.321 e. The fourth-order valence-corrected chi connectivity index (χ4v) is 3.10. The van der Waals surface area contributed by atoms with Crippen LogP contribution in [0.5, 0.6) is 0 Å². The van der Waals surface area contributed by atoms with Gasteiger partial charge >= 0.3 is 6.03 Å². The average Bonchev–Trinajstić information content (AvgIpc) is 3.12. The summed E-state index contributed by atoms with van der Waals surface area (Å²) in [6.07, 6.45) is 0.893. The van der Waals surface area contributed by atoms with Crippen molar-refractivity contribution in [2.75, 3.05) is 18.0 Å². The molecule has 0 bridgehead atoms. The molecule has 136 valence electrons. The predicted octanol–water partition coefficient (Wildman–Crippen LogP) is 3.66. The standard InChI is InChI=1S/C21H25N3O2/c1-3-16(2)24(15-17-7-5-4-6-8-17)20(25)18-9-11-19(12-10-18)23-14-13-22-21(23)26/h4-12,16H,3,13-15H2,1-2H3,(H,22,26). The second-order valence-electron chi connectivity index (χ2n) is 6.61. The molecule has 1 unspecified atom stereocenters. The summed E-state index contributed by atoms with van der Waals surface area (Å²) in [4.78, 5) is 28.4. The Kier molecular flexibility index (Phi) is 5.56. The van der Waals surface area contributed by atoms with Gasteiger partial charge in [0.2, 0.25) is 0 Å². The van der Waals surface area contributed by atoms with Crippen LogP contribution in [-0.4, -0.2) is 36.0 Å². The molecule has 0 aromatic heterocycles. The minimum absolute atomic E-state index is 0.0145. The molecule has 1 aliphatic rings. The number of hydrogen-bond donors (Lipinski definition) is 1. The molecule has 1 saturated heterocycles. The van der Waals surface area contributed by atoms with Crippen LogP contribution in [0.15, 0.2) is 54.6 Å². The van der Waals surface area contributed by atoms with Crippen molar-refractivity contribution in [2.45, 2.75) is 32.9 Å². The molecule has 3 amide bonds. The Bertz CT molecular complexity index is 759. The van der Waals surface area contributed by atoms with E-state index in [0.717, 1.165) is 17.7 Å². The van der Waals surface area contributed by atoms with Crippen molar-refractivity contribution in [1.82, 2.24) is 10.2 Å². The van der Waals surface area contributed by atoms with Gasteiger partial charge in [-0.05, 0) is 43.2 Å². The zero-order valence-corrected chi connectivity index (χ0v) is 15.3. The Hall–Kier alpha value is -2.82. The third-order valence-electron chi connectivity index (χ3n) is 4.86. The van der Waals surface area contributed by atoms with Gasteiger partial charge in [-0.3, -0.25) is 9.69 Å². The molecule has 3 rings (SSSR count). The number of nitrogens with zero attached hydrogens (tertiary/aromatic N) is 2. The first-order valence-electron chi connectivity index (χ1n) is 9.10. The highest BCUT2D eigenvalue weighted by Gasteiger charge is 2.23. The molecule has 1 aliphatic heterocycles. The van der Waals surface area contributed by atoms with Gasteiger partial charge in [-0.25, -0.2) is 4.79 Å². The molecular weight excluding hydrogens is 326 g/mol. The molecule has 0 aliphatic carbocycles. The second-order valence-corrected chi connectivity index (χ2v) is 6.61. The lowest BCUT2D eigenvalue weighted by atomic mass is 10.1. The van der Waals surface area contributed by atoms with E-state index in [1.54, 1.807) is 4.90 Å². The number of nitrogens with one attached hydrogen (secondary N) is 1. The third-order valence-corrected chi connectivity index (χ3v) is 4.86. The highest BCUT2D eigenvalue weighted by molar-refractivity contribution is 5.97. The maximum absolute atomic E-state index is 13.1. The van der Waals surface area contributed by atoms with E-state index in [9.17, 15) is 9.59 Å². The lowest BCUT2D eigenvalue weighted by molar-refractivity contribution is 0.0671. The lowest BCUT2D eigenvalue weighted by Gasteiger charge is -2.29. The average molecular weight is 351 g/mol. The van der Waals surface area contributed by atoms with Crippen LogP contribution in [0.2, 0.25) is 0 Å². The van der Waals surface area contributed by atoms with Crippen molar-refractivity contribution >= 4 is 17.6 Å². The Labute approximate surface area is 154 Å². The number of carbonyl (C=O) groups is 2. The number of carbonyl (C=O) groups excluding carboxylic acids is 2. The van der Waals surface area contributed by atoms with Gasteiger partial charge in [0.15, 0.2) is 0 Å². The molecular formula is C21H25N3O2. The van der Waals surface area contributed by atoms with E-state index in [-0.39, 0.29) is 18.0 Å². The summed E-state index contributed by atoms with van der Waals surface area (Å²) < 4.78 is 0. The maximum atomic E-state index is 13.1. The van der Waals surface area contributed by atoms with E-state index < -0.39 is 0 Å². The highest BCUT2D eigenvalue weighted by Crippen LogP contribution is 2.20. The van der Waals surface area contributed by atoms with Crippen molar-refractivity contribution in [1.29, 1.82) is 0 Å². The van der Waals surface area contributed by atoms with Crippen LogP contribution in [0.3, 0.4) is 0 Å². The molecule has 2 aromatic carbocycles. The van der Waals surface area contributed by atoms with Gasteiger partial charge in [0.25, 0.3) is 5.91 Å². The monoisotopic (exact) mass is 351 g/mol. The summed E-state index contributed by atoms with van der Waals surface area (Å²) in [5.74, 6) is 0.0145. The van der Waals surface area contributed by atoms with Crippen LogP contribution >= 0.6 is 0 Å². The van der Waals surface area contributed by atoms with Crippen molar-refractivity contribution in [3.8, 4) is 0 Å². The SMILES string of the molecule is CCC(C)N(Cc1ccccc1)C(=O)c1ccc(N2CCNC2=O)cc1. The summed E-state index contributed by atoms with van der Waals surface area (Å²) in [5.41, 5.74) is 2.57. The molecule has 26 heavy (non-hydrogen) atoms. The first kappa shape index (κ1) is 18.0. The molecule has 2 aromatic rings. The van der Waals surface area contributed by atoms with Gasteiger partial charge in [0.05, 0.1) is 0 Å². The number of benzene rings is 2. The van der Waals surface area contributed by atoms with Crippen molar-refractivity contribution < 1.29 is 9.59 Å². The molecule has 5 nitrogen and oxygen atoms in total. The number of anilines is 1. The van der Waals surface area contributed by atoms with Crippen molar-refractivity contribution in [3.05, 3.63) is 65.7 Å². The second kappa shape index (κ2) is 8.04. The molecule has 1 atom stereocenters. The number of hydrogen-bond acceptors (Lipinski definition) is 2. The normalized spacial score (nSPS) is 14.8. The molecule has 5 heteroatoms. The molecule has 1 heterocycles. The van der Waals surface area contributed by atoms with Crippen molar-refractivity contribution in [3.63, 3.8) is 0 Å².